The molecular formula is C18H17N3O3. The van der Waals surface area contributed by atoms with E-state index in [1.54, 1.807) is 56.6 Å². The average Bonchev–Trinajstić information content (AvgIpc) is 2.62. The number of fused-ring (bicyclic) bond motifs is 1. The Labute approximate surface area is 138 Å². The first-order valence-electron chi connectivity index (χ1n) is 7.51. The topological polar surface area (TPSA) is 73.2 Å². The average molecular weight is 323 g/mol. The van der Waals surface area contributed by atoms with Crippen LogP contribution in [0, 0.1) is 0 Å². The number of benzene rings is 2. The number of amides is 1. The van der Waals surface area contributed by atoms with Gasteiger partial charge in [0.15, 0.2) is 0 Å². The van der Waals surface area contributed by atoms with Gasteiger partial charge in [0.25, 0.3) is 5.56 Å². The number of methoxy groups -OCH3 is 1. The molecule has 6 heteroatoms. The molecule has 1 heterocycles. The Morgan fingerprint density at radius 1 is 1.21 bits per heavy atom. The molecule has 1 amide bonds. The van der Waals surface area contributed by atoms with Crippen LogP contribution >= 0.6 is 0 Å². The van der Waals surface area contributed by atoms with Gasteiger partial charge < -0.3 is 10.1 Å². The number of hydrogen-bond acceptors (Lipinski definition) is 4. The van der Waals surface area contributed by atoms with Crippen molar-refractivity contribution in [1.82, 2.24) is 9.78 Å². The van der Waals surface area contributed by atoms with Gasteiger partial charge in [-0.3, -0.25) is 9.59 Å². The summed E-state index contributed by atoms with van der Waals surface area (Å²) in [5.74, 6) is 0.314. The highest BCUT2D eigenvalue weighted by atomic mass is 16.5. The molecule has 0 saturated heterocycles. The van der Waals surface area contributed by atoms with Crippen LogP contribution in [0.25, 0.3) is 10.8 Å². The smallest absolute Gasteiger partial charge is 0.275 e. The molecule has 3 aromatic rings. The van der Waals surface area contributed by atoms with Crippen molar-refractivity contribution in [3.05, 3.63) is 65.1 Å². The van der Waals surface area contributed by atoms with Crippen molar-refractivity contribution in [3.8, 4) is 5.75 Å². The molecule has 0 bridgehead atoms. The van der Waals surface area contributed by atoms with E-state index >= 15 is 0 Å². The minimum atomic E-state index is -0.742. The number of carbonyl (C=O) groups is 1. The van der Waals surface area contributed by atoms with E-state index in [9.17, 15) is 9.59 Å². The largest absolute Gasteiger partial charge is 0.497 e. The molecule has 0 saturated carbocycles. The minimum Gasteiger partial charge on any atom is -0.497 e. The fourth-order valence-corrected chi connectivity index (χ4v) is 2.44. The summed E-state index contributed by atoms with van der Waals surface area (Å²) in [6.07, 6.45) is 1.59. The zero-order valence-electron chi connectivity index (χ0n) is 13.4. The molecule has 122 valence electrons. The number of ether oxygens (including phenoxy) is 1. The number of nitrogens with zero attached hydrogens (tertiary/aromatic N) is 2. The van der Waals surface area contributed by atoms with Crippen molar-refractivity contribution in [2.45, 2.75) is 13.0 Å². The van der Waals surface area contributed by atoms with Crippen LogP contribution < -0.4 is 15.6 Å². The van der Waals surface area contributed by atoms with Crippen molar-refractivity contribution < 1.29 is 9.53 Å². The van der Waals surface area contributed by atoms with Gasteiger partial charge in [-0.2, -0.15) is 5.10 Å². The second kappa shape index (κ2) is 6.54. The van der Waals surface area contributed by atoms with Crippen LogP contribution in [0.2, 0.25) is 0 Å². The highest BCUT2D eigenvalue weighted by molar-refractivity contribution is 5.93. The van der Waals surface area contributed by atoms with E-state index in [2.05, 4.69) is 10.4 Å². The van der Waals surface area contributed by atoms with Gasteiger partial charge in [-0.25, -0.2) is 4.68 Å². The van der Waals surface area contributed by atoms with Gasteiger partial charge in [0, 0.05) is 17.1 Å². The van der Waals surface area contributed by atoms with Crippen LogP contribution in [0.4, 0.5) is 5.69 Å². The molecular weight excluding hydrogens is 306 g/mol. The molecule has 0 unspecified atom stereocenters. The summed E-state index contributed by atoms with van der Waals surface area (Å²) in [5.41, 5.74) is 0.307. The van der Waals surface area contributed by atoms with Crippen LogP contribution in [0.1, 0.15) is 13.0 Å². The lowest BCUT2D eigenvalue weighted by Crippen LogP contribution is -2.33. The molecule has 2 aromatic carbocycles. The second-order valence-electron chi connectivity index (χ2n) is 5.38. The summed E-state index contributed by atoms with van der Waals surface area (Å²) in [7, 11) is 1.56. The van der Waals surface area contributed by atoms with Gasteiger partial charge in [-0.1, -0.05) is 24.3 Å². The molecule has 0 aliphatic heterocycles. The molecule has 0 spiro atoms. The second-order valence-corrected chi connectivity index (χ2v) is 5.38. The number of aromatic nitrogens is 2. The van der Waals surface area contributed by atoms with Gasteiger partial charge in [0.2, 0.25) is 5.91 Å². The Kier molecular flexibility index (Phi) is 4.29. The Morgan fingerprint density at radius 2 is 2.00 bits per heavy atom. The van der Waals surface area contributed by atoms with Gasteiger partial charge >= 0.3 is 0 Å². The summed E-state index contributed by atoms with van der Waals surface area (Å²) in [6, 6.07) is 13.5. The maximum Gasteiger partial charge on any atom is 0.275 e. The summed E-state index contributed by atoms with van der Waals surface area (Å²) >= 11 is 0. The Bertz CT molecular complexity index is 949. The third kappa shape index (κ3) is 2.99. The summed E-state index contributed by atoms with van der Waals surface area (Å²) in [4.78, 5) is 25.0. The van der Waals surface area contributed by atoms with Gasteiger partial charge in [0.05, 0.1) is 18.7 Å². The molecule has 0 fully saturated rings. The van der Waals surface area contributed by atoms with E-state index in [0.29, 0.717) is 16.8 Å². The van der Waals surface area contributed by atoms with E-state index < -0.39 is 6.04 Å². The summed E-state index contributed by atoms with van der Waals surface area (Å²) in [6.45, 7) is 1.64. The monoisotopic (exact) mass is 323 g/mol. The number of rotatable bonds is 4. The molecule has 0 aliphatic carbocycles. The Balaban J connectivity index is 1.88. The summed E-state index contributed by atoms with van der Waals surface area (Å²) < 4.78 is 6.32. The normalized spacial score (nSPS) is 11.9. The van der Waals surface area contributed by atoms with Gasteiger partial charge in [0.1, 0.15) is 11.8 Å². The zero-order valence-corrected chi connectivity index (χ0v) is 13.4. The molecule has 0 aliphatic rings. The Hall–Kier alpha value is -3.15. The van der Waals surface area contributed by atoms with E-state index in [1.165, 1.54) is 4.68 Å². The van der Waals surface area contributed by atoms with E-state index in [1.807, 2.05) is 12.1 Å². The van der Waals surface area contributed by atoms with Crippen molar-refractivity contribution in [2.24, 2.45) is 0 Å². The van der Waals surface area contributed by atoms with Crippen molar-refractivity contribution in [2.75, 3.05) is 12.4 Å². The Morgan fingerprint density at radius 3 is 2.79 bits per heavy atom. The summed E-state index contributed by atoms with van der Waals surface area (Å²) in [5, 5.41) is 8.18. The highest BCUT2D eigenvalue weighted by Crippen LogP contribution is 2.18. The molecule has 6 nitrogen and oxygen atoms in total. The quantitative estimate of drug-likeness (QED) is 0.801. The number of carbonyl (C=O) groups excluding carboxylic acids is 1. The molecule has 24 heavy (non-hydrogen) atoms. The fraction of sp³-hybridized carbons (Fsp3) is 0.167. The van der Waals surface area contributed by atoms with Crippen LogP contribution in [0.5, 0.6) is 5.75 Å². The predicted molar refractivity (Wildman–Crippen MR) is 92.3 cm³/mol. The van der Waals surface area contributed by atoms with E-state index in [0.717, 1.165) is 5.39 Å². The maximum absolute atomic E-state index is 12.5. The maximum atomic E-state index is 12.5. The number of hydrogen-bond donors (Lipinski definition) is 1. The predicted octanol–water partition coefficient (Wildman–Crippen LogP) is 2.60. The van der Waals surface area contributed by atoms with Crippen molar-refractivity contribution in [3.63, 3.8) is 0 Å². The first-order chi connectivity index (χ1) is 11.6. The number of nitrogens with one attached hydrogen (secondary N) is 1. The SMILES string of the molecule is COc1cccc(NC(=O)[C@@H](C)n2ncc3ccccc3c2=O)c1. The van der Waals surface area contributed by atoms with E-state index in [4.69, 9.17) is 4.74 Å². The third-order valence-electron chi connectivity index (χ3n) is 3.80. The highest BCUT2D eigenvalue weighted by Gasteiger charge is 2.18. The lowest BCUT2D eigenvalue weighted by atomic mass is 10.2. The molecule has 0 radical (unpaired) electrons. The molecule has 1 atom stereocenters. The van der Waals surface area contributed by atoms with Gasteiger partial charge in [-0.05, 0) is 25.1 Å². The van der Waals surface area contributed by atoms with Gasteiger partial charge in [-0.15, -0.1) is 0 Å². The zero-order chi connectivity index (χ0) is 17.1. The molecule has 1 aromatic heterocycles. The van der Waals surface area contributed by atoms with Crippen LogP contribution in [-0.2, 0) is 4.79 Å². The molecule has 1 N–H and O–H groups in total. The third-order valence-corrected chi connectivity index (χ3v) is 3.80. The van der Waals surface area contributed by atoms with Crippen molar-refractivity contribution in [1.29, 1.82) is 0 Å². The van der Waals surface area contributed by atoms with E-state index in [-0.39, 0.29) is 11.5 Å². The molecule has 3 rings (SSSR count). The number of anilines is 1. The first-order valence-corrected chi connectivity index (χ1v) is 7.51. The lowest BCUT2D eigenvalue weighted by molar-refractivity contribution is -0.119. The van der Waals surface area contributed by atoms with Crippen LogP contribution in [-0.4, -0.2) is 22.8 Å². The van der Waals surface area contributed by atoms with Crippen molar-refractivity contribution >= 4 is 22.4 Å². The standard InChI is InChI=1S/C18H17N3O3/c1-12(17(22)20-14-7-5-8-15(10-14)24-2)21-18(23)16-9-4-3-6-13(16)11-19-21/h3-12H,1-2H3,(H,20,22)/t12-/m1/s1. The minimum absolute atomic E-state index is 0.290. The van der Waals surface area contributed by atoms with Crippen LogP contribution in [0.15, 0.2) is 59.5 Å². The lowest BCUT2D eigenvalue weighted by Gasteiger charge is -2.15. The first kappa shape index (κ1) is 15.7. The van der Waals surface area contributed by atoms with Crippen LogP contribution in [0.3, 0.4) is 0 Å². The fourth-order valence-electron chi connectivity index (χ4n) is 2.44.